The minimum absolute atomic E-state index is 0.0689. The Morgan fingerprint density at radius 2 is 1.81 bits per heavy atom. The van der Waals surface area contributed by atoms with Gasteiger partial charge in [0, 0.05) is 31.7 Å². The summed E-state index contributed by atoms with van der Waals surface area (Å²) in [6, 6.07) is 10.2. The number of likely N-dealkylation sites (tertiary alicyclic amines) is 1. The first-order valence-corrected chi connectivity index (χ1v) is 9.10. The Balaban J connectivity index is 1.67. The second-order valence-corrected chi connectivity index (χ2v) is 6.94. The van der Waals surface area contributed by atoms with E-state index in [0.717, 1.165) is 29.8 Å². The van der Waals surface area contributed by atoms with Gasteiger partial charge in [-0.1, -0.05) is 30.3 Å². The standard InChI is InChI=1S/C20H26N4O2/c1-14-19(15(2)24(22-14)13-17-7-5-4-6-8-17)20(26)21-18-9-11-23(12-10-18)16(3)25/h4-8,18H,9-13H2,1-3H3,(H,21,26). The molecule has 1 fully saturated rings. The number of benzene rings is 1. The zero-order valence-electron chi connectivity index (χ0n) is 15.7. The van der Waals surface area contributed by atoms with E-state index < -0.39 is 0 Å². The fourth-order valence-corrected chi connectivity index (χ4v) is 3.53. The SMILES string of the molecule is CC(=O)N1CCC(NC(=O)c2c(C)nn(Cc3ccccc3)c2C)CC1. The molecule has 0 unspecified atom stereocenters. The molecule has 0 spiro atoms. The molecule has 2 amide bonds. The van der Waals surface area contributed by atoms with Crippen LogP contribution < -0.4 is 5.32 Å². The van der Waals surface area contributed by atoms with Crippen LogP contribution >= 0.6 is 0 Å². The maximum absolute atomic E-state index is 12.8. The van der Waals surface area contributed by atoms with Crippen molar-refractivity contribution in [1.82, 2.24) is 20.0 Å². The van der Waals surface area contributed by atoms with Gasteiger partial charge in [0.1, 0.15) is 0 Å². The fraction of sp³-hybridized carbons (Fsp3) is 0.450. The van der Waals surface area contributed by atoms with Gasteiger partial charge in [-0.05, 0) is 32.3 Å². The topological polar surface area (TPSA) is 67.2 Å². The number of nitrogens with one attached hydrogen (secondary N) is 1. The molecule has 26 heavy (non-hydrogen) atoms. The van der Waals surface area contributed by atoms with E-state index in [4.69, 9.17) is 0 Å². The number of carbonyl (C=O) groups excluding carboxylic acids is 2. The van der Waals surface area contributed by atoms with Crippen molar-refractivity contribution in [3.05, 3.63) is 52.8 Å². The lowest BCUT2D eigenvalue weighted by Crippen LogP contribution is -2.46. The smallest absolute Gasteiger partial charge is 0.255 e. The highest BCUT2D eigenvalue weighted by Crippen LogP contribution is 2.17. The lowest BCUT2D eigenvalue weighted by Gasteiger charge is -2.31. The predicted molar refractivity (Wildman–Crippen MR) is 100.0 cm³/mol. The lowest BCUT2D eigenvalue weighted by atomic mass is 10.0. The summed E-state index contributed by atoms with van der Waals surface area (Å²) < 4.78 is 1.89. The van der Waals surface area contributed by atoms with Crippen LogP contribution in [0.2, 0.25) is 0 Å². The number of rotatable bonds is 4. The molecule has 1 N–H and O–H groups in total. The van der Waals surface area contributed by atoms with Crippen LogP contribution in [0.3, 0.4) is 0 Å². The van der Waals surface area contributed by atoms with Crippen LogP contribution in [-0.4, -0.2) is 45.6 Å². The van der Waals surface area contributed by atoms with Crippen LogP contribution in [0.4, 0.5) is 0 Å². The van der Waals surface area contributed by atoms with Gasteiger partial charge in [-0.2, -0.15) is 5.10 Å². The van der Waals surface area contributed by atoms with E-state index in [1.165, 1.54) is 0 Å². The quantitative estimate of drug-likeness (QED) is 0.916. The molecule has 6 heteroatoms. The number of amides is 2. The Bertz CT molecular complexity index is 790. The average Bonchev–Trinajstić information content (AvgIpc) is 2.90. The summed E-state index contributed by atoms with van der Waals surface area (Å²) in [5.41, 5.74) is 3.44. The number of piperidine rings is 1. The highest BCUT2D eigenvalue weighted by atomic mass is 16.2. The molecule has 0 bridgehead atoms. The zero-order chi connectivity index (χ0) is 18.7. The van der Waals surface area contributed by atoms with Gasteiger partial charge in [0.15, 0.2) is 0 Å². The van der Waals surface area contributed by atoms with E-state index in [1.54, 1.807) is 6.92 Å². The second-order valence-electron chi connectivity index (χ2n) is 6.94. The first-order chi connectivity index (χ1) is 12.5. The van der Waals surface area contributed by atoms with E-state index in [2.05, 4.69) is 22.5 Å². The van der Waals surface area contributed by atoms with Crippen molar-refractivity contribution in [3.8, 4) is 0 Å². The van der Waals surface area contributed by atoms with Gasteiger partial charge >= 0.3 is 0 Å². The third kappa shape index (κ3) is 3.95. The fourth-order valence-electron chi connectivity index (χ4n) is 3.53. The molecule has 1 aliphatic rings. The van der Waals surface area contributed by atoms with Crippen LogP contribution in [0.5, 0.6) is 0 Å². The van der Waals surface area contributed by atoms with E-state index in [-0.39, 0.29) is 17.9 Å². The van der Waals surface area contributed by atoms with E-state index in [9.17, 15) is 9.59 Å². The van der Waals surface area contributed by atoms with Gasteiger partial charge in [0.05, 0.1) is 17.8 Å². The molecule has 3 rings (SSSR count). The molecule has 0 saturated carbocycles. The van der Waals surface area contributed by atoms with Crippen molar-refractivity contribution >= 4 is 11.8 Å². The Morgan fingerprint density at radius 1 is 1.15 bits per heavy atom. The Hall–Kier alpha value is -2.63. The number of carbonyl (C=O) groups is 2. The van der Waals surface area contributed by atoms with Crippen molar-refractivity contribution in [3.63, 3.8) is 0 Å². The van der Waals surface area contributed by atoms with Crippen LogP contribution in [0, 0.1) is 13.8 Å². The molecule has 0 aliphatic carbocycles. The van der Waals surface area contributed by atoms with Gasteiger partial charge in [0.2, 0.25) is 5.91 Å². The van der Waals surface area contributed by atoms with Gasteiger partial charge < -0.3 is 10.2 Å². The summed E-state index contributed by atoms with van der Waals surface area (Å²) in [4.78, 5) is 26.0. The number of nitrogens with zero attached hydrogens (tertiary/aromatic N) is 3. The van der Waals surface area contributed by atoms with Crippen molar-refractivity contribution in [2.24, 2.45) is 0 Å². The van der Waals surface area contributed by atoms with Gasteiger partial charge in [0.25, 0.3) is 5.91 Å². The van der Waals surface area contributed by atoms with Crippen LogP contribution in [0.25, 0.3) is 0 Å². The molecule has 1 aromatic carbocycles. The summed E-state index contributed by atoms with van der Waals surface area (Å²) in [5, 5.41) is 7.68. The van der Waals surface area contributed by atoms with E-state index >= 15 is 0 Å². The minimum atomic E-state index is -0.0689. The summed E-state index contributed by atoms with van der Waals surface area (Å²) in [6.45, 7) is 7.46. The molecule has 0 atom stereocenters. The zero-order valence-corrected chi connectivity index (χ0v) is 15.7. The molecule has 1 aliphatic heterocycles. The predicted octanol–water partition coefficient (Wildman–Crippen LogP) is 2.29. The van der Waals surface area contributed by atoms with Crippen molar-refractivity contribution in [2.45, 2.75) is 46.2 Å². The summed E-state index contributed by atoms with van der Waals surface area (Å²) in [7, 11) is 0. The van der Waals surface area contributed by atoms with Crippen molar-refractivity contribution in [1.29, 1.82) is 0 Å². The van der Waals surface area contributed by atoms with Crippen molar-refractivity contribution < 1.29 is 9.59 Å². The number of aryl methyl sites for hydroxylation is 1. The Labute approximate surface area is 154 Å². The van der Waals surface area contributed by atoms with E-state index in [1.807, 2.05) is 41.6 Å². The lowest BCUT2D eigenvalue weighted by molar-refractivity contribution is -0.129. The highest BCUT2D eigenvalue weighted by Gasteiger charge is 2.25. The number of hydrogen-bond acceptors (Lipinski definition) is 3. The molecular formula is C20H26N4O2. The number of aromatic nitrogens is 2. The molecular weight excluding hydrogens is 328 g/mol. The third-order valence-electron chi connectivity index (χ3n) is 5.06. The molecule has 2 aromatic rings. The molecule has 6 nitrogen and oxygen atoms in total. The van der Waals surface area contributed by atoms with Gasteiger partial charge in [-0.15, -0.1) is 0 Å². The molecule has 1 aromatic heterocycles. The van der Waals surface area contributed by atoms with Gasteiger partial charge in [-0.3, -0.25) is 14.3 Å². The number of hydrogen-bond donors (Lipinski definition) is 1. The van der Waals surface area contributed by atoms with Crippen LogP contribution in [0.15, 0.2) is 30.3 Å². The molecule has 1 saturated heterocycles. The first-order valence-electron chi connectivity index (χ1n) is 9.10. The molecule has 2 heterocycles. The van der Waals surface area contributed by atoms with Crippen molar-refractivity contribution in [2.75, 3.05) is 13.1 Å². The van der Waals surface area contributed by atoms with E-state index in [0.29, 0.717) is 25.2 Å². The molecule has 0 radical (unpaired) electrons. The Morgan fingerprint density at radius 3 is 2.42 bits per heavy atom. The van der Waals surface area contributed by atoms with Gasteiger partial charge in [-0.25, -0.2) is 0 Å². The summed E-state index contributed by atoms with van der Waals surface area (Å²) >= 11 is 0. The maximum Gasteiger partial charge on any atom is 0.255 e. The third-order valence-corrected chi connectivity index (χ3v) is 5.06. The Kier molecular flexibility index (Phi) is 5.40. The second kappa shape index (κ2) is 7.72. The normalized spacial score (nSPS) is 15.1. The largest absolute Gasteiger partial charge is 0.349 e. The molecule has 138 valence electrons. The first kappa shape index (κ1) is 18.2. The summed E-state index contributed by atoms with van der Waals surface area (Å²) in [6.07, 6.45) is 1.59. The average molecular weight is 354 g/mol. The summed E-state index contributed by atoms with van der Waals surface area (Å²) in [5.74, 6) is 0.0317. The van der Waals surface area contributed by atoms with Crippen LogP contribution in [-0.2, 0) is 11.3 Å². The monoisotopic (exact) mass is 354 g/mol. The van der Waals surface area contributed by atoms with Crippen LogP contribution in [0.1, 0.15) is 47.1 Å². The highest BCUT2D eigenvalue weighted by molar-refractivity contribution is 5.96. The minimum Gasteiger partial charge on any atom is -0.349 e. The maximum atomic E-state index is 12.8.